The van der Waals surface area contributed by atoms with Gasteiger partial charge in [0.1, 0.15) is 0 Å². The van der Waals surface area contributed by atoms with Crippen molar-refractivity contribution in [2.24, 2.45) is 0 Å². The van der Waals surface area contributed by atoms with E-state index in [4.69, 9.17) is 4.74 Å². The summed E-state index contributed by atoms with van der Waals surface area (Å²) in [5.41, 5.74) is -1.17. The van der Waals surface area contributed by atoms with Crippen LogP contribution in [0.1, 0.15) is 35.4 Å². The van der Waals surface area contributed by atoms with Crippen molar-refractivity contribution in [2.45, 2.75) is 25.6 Å². The predicted molar refractivity (Wildman–Crippen MR) is 88.2 cm³/mol. The number of carbonyl (C=O) groups is 2. The number of carbonyl (C=O) groups excluding carboxylic acids is 2. The van der Waals surface area contributed by atoms with Crippen LogP contribution in [-0.4, -0.2) is 40.0 Å². The summed E-state index contributed by atoms with van der Waals surface area (Å²) in [4.78, 5) is 23.7. The van der Waals surface area contributed by atoms with Crippen LogP contribution >= 0.6 is 0 Å². The smallest absolute Gasteiger partial charge is 0.379 e. The van der Waals surface area contributed by atoms with Crippen LogP contribution in [0.2, 0.25) is 0 Å². The molecule has 1 aromatic heterocycles. The van der Waals surface area contributed by atoms with Crippen LogP contribution < -0.4 is 10.6 Å². The number of alkyl halides is 3. The Balaban J connectivity index is 1.84. The number of halogens is 3. The molecule has 0 radical (unpaired) electrons. The summed E-state index contributed by atoms with van der Waals surface area (Å²) in [7, 11) is 0. The molecule has 1 aliphatic heterocycles. The van der Waals surface area contributed by atoms with E-state index in [9.17, 15) is 22.8 Å². The zero-order valence-corrected chi connectivity index (χ0v) is 14.2. The molecule has 2 amide bonds. The number of nitrogens with one attached hydrogen (secondary N) is 2. The zero-order chi connectivity index (χ0) is 19.6. The van der Waals surface area contributed by atoms with E-state index in [0.29, 0.717) is 13.2 Å². The number of nitrogens with zero attached hydrogens (tertiary/aromatic N) is 3. The molecule has 144 valence electrons. The van der Waals surface area contributed by atoms with Gasteiger partial charge in [-0.15, -0.1) is 5.10 Å². The van der Waals surface area contributed by atoms with Crippen LogP contribution in [0.25, 0.3) is 0 Å². The van der Waals surface area contributed by atoms with E-state index in [1.54, 1.807) is 0 Å². The average molecular weight is 383 g/mol. The predicted octanol–water partition coefficient (Wildman–Crippen LogP) is 2.47. The highest BCUT2D eigenvalue weighted by Gasteiger charge is 2.31. The number of anilines is 2. The number of benzene rings is 1. The molecule has 1 saturated heterocycles. The Morgan fingerprint density at radius 3 is 2.67 bits per heavy atom. The lowest BCUT2D eigenvalue weighted by Gasteiger charge is -2.14. The Morgan fingerprint density at radius 1 is 1.26 bits per heavy atom. The standard InChI is InChI=1S/C16H16F3N5O3/c1-9(25)20-12-3-2-10(16(17,18)19)6-13(12)21-15(26)14-7-24(23-22-14)11-4-5-27-8-11/h2-3,6-7,11H,4-5,8H2,1H3,(H,20,25)(H,21,26)/t11-/m1/s1. The Labute approximate surface area is 151 Å². The van der Waals surface area contributed by atoms with Crippen molar-refractivity contribution in [3.63, 3.8) is 0 Å². The Bertz CT molecular complexity index is 859. The number of hydrogen-bond acceptors (Lipinski definition) is 5. The highest BCUT2D eigenvalue weighted by molar-refractivity contribution is 6.06. The van der Waals surface area contributed by atoms with E-state index >= 15 is 0 Å². The summed E-state index contributed by atoms with van der Waals surface area (Å²) in [5, 5.41) is 12.3. The van der Waals surface area contributed by atoms with Crippen LogP contribution in [0.5, 0.6) is 0 Å². The fraction of sp³-hybridized carbons (Fsp3) is 0.375. The van der Waals surface area contributed by atoms with Crippen molar-refractivity contribution < 1.29 is 27.5 Å². The van der Waals surface area contributed by atoms with Crippen molar-refractivity contribution in [1.82, 2.24) is 15.0 Å². The molecule has 0 saturated carbocycles. The molecular formula is C16H16F3N5O3. The molecule has 0 bridgehead atoms. The van der Waals surface area contributed by atoms with Gasteiger partial charge in [0.2, 0.25) is 5.91 Å². The van der Waals surface area contributed by atoms with Crippen molar-refractivity contribution in [3.05, 3.63) is 35.7 Å². The first-order chi connectivity index (χ1) is 12.7. The molecule has 1 aliphatic rings. The molecule has 27 heavy (non-hydrogen) atoms. The van der Waals surface area contributed by atoms with Gasteiger partial charge in [0.05, 0.1) is 35.8 Å². The summed E-state index contributed by atoms with van der Waals surface area (Å²) in [6, 6.07) is 2.60. The van der Waals surface area contributed by atoms with Gasteiger partial charge in [0.25, 0.3) is 5.91 Å². The van der Waals surface area contributed by atoms with Gasteiger partial charge in [-0.2, -0.15) is 13.2 Å². The maximum Gasteiger partial charge on any atom is 0.416 e. The van der Waals surface area contributed by atoms with Crippen LogP contribution in [0.15, 0.2) is 24.4 Å². The molecule has 0 aliphatic carbocycles. The SMILES string of the molecule is CC(=O)Nc1ccc(C(F)(F)F)cc1NC(=O)c1cn([C@@H]2CCOC2)nn1. The largest absolute Gasteiger partial charge is 0.416 e. The first-order valence-corrected chi connectivity index (χ1v) is 8.04. The second-order valence-electron chi connectivity index (χ2n) is 5.99. The van der Waals surface area contributed by atoms with Gasteiger partial charge in [-0.25, -0.2) is 4.68 Å². The third-order valence-electron chi connectivity index (χ3n) is 3.93. The average Bonchev–Trinajstić information content (AvgIpc) is 3.26. The Kier molecular flexibility index (Phi) is 5.13. The van der Waals surface area contributed by atoms with Gasteiger partial charge >= 0.3 is 6.18 Å². The number of ether oxygens (including phenoxy) is 1. The molecule has 1 aromatic carbocycles. The lowest BCUT2D eigenvalue weighted by Crippen LogP contribution is -2.17. The molecule has 1 atom stereocenters. The lowest BCUT2D eigenvalue weighted by molar-refractivity contribution is -0.137. The first-order valence-electron chi connectivity index (χ1n) is 8.04. The van der Waals surface area contributed by atoms with Gasteiger partial charge in [-0.05, 0) is 24.6 Å². The van der Waals surface area contributed by atoms with E-state index in [2.05, 4.69) is 20.9 Å². The zero-order valence-electron chi connectivity index (χ0n) is 14.2. The molecule has 8 nitrogen and oxygen atoms in total. The molecule has 11 heteroatoms. The molecule has 1 fully saturated rings. The van der Waals surface area contributed by atoms with Crippen molar-refractivity contribution in [1.29, 1.82) is 0 Å². The molecule has 0 unspecified atom stereocenters. The normalized spacial score (nSPS) is 17.0. The molecule has 2 N–H and O–H groups in total. The molecular weight excluding hydrogens is 367 g/mol. The van der Waals surface area contributed by atoms with Crippen molar-refractivity contribution >= 4 is 23.2 Å². The minimum Gasteiger partial charge on any atom is -0.379 e. The van der Waals surface area contributed by atoms with Crippen LogP contribution in [0.4, 0.5) is 24.5 Å². The second-order valence-corrected chi connectivity index (χ2v) is 5.99. The van der Waals surface area contributed by atoms with Gasteiger partial charge < -0.3 is 15.4 Å². The number of hydrogen-bond donors (Lipinski definition) is 2. The van der Waals surface area contributed by atoms with Crippen molar-refractivity contribution in [2.75, 3.05) is 23.8 Å². The third-order valence-corrected chi connectivity index (χ3v) is 3.93. The monoisotopic (exact) mass is 383 g/mol. The van der Waals surface area contributed by atoms with E-state index in [1.165, 1.54) is 17.8 Å². The van der Waals surface area contributed by atoms with Gasteiger partial charge in [0.15, 0.2) is 5.69 Å². The van der Waals surface area contributed by atoms with E-state index in [1.807, 2.05) is 0 Å². The molecule has 3 rings (SSSR count). The maximum atomic E-state index is 13.0. The number of amides is 2. The fourth-order valence-corrected chi connectivity index (χ4v) is 2.60. The first kappa shape index (κ1) is 18.8. The second kappa shape index (κ2) is 7.35. The summed E-state index contributed by atoms with van der Waals surface area (Å²) in [5.74, 6) is -1.23. The topological polar surface area (TPSA) is 98.1 Å². The van der Waals surface area contributed by atoms with E-state index in [-0.39, 0.29) is 23.1 Å². The van der Waals surface area contributed by atoms with E-state index < -0.39 is 23.6 Å². The van der Waals surface area contributed by atoms with Crippen LogP contribution in [0, 0.1) is 0 Å². The Hall–Kier alpha value is -2.95. The highest BCUT2D eigenvalue weighted by atomic mass is 19.4. The summed E-state index contributed by atoms with van der Waals surface area (Å²) < 4.78 is 45.6. The minimum atomic E-state index is -4.60. The number of rotatable bonds is 4. The molecule has 2 heterocycles. The maximum absolute atomic E-state index is 13.0. The lowest BCUT2D eigenvalue weighted by atomic mass is 10.1. The summed E-state index contributed by atoms with van der Waals surface area (Å²) in [6.45, 7) is 2.24. The van der Waals surface area contributed by atoms with Crippen molar-refractivity contribution in [3.8, 4) is 0 Å². The van der Waals surface area contributed by atoms with Gasteiger partial charge in [-0.3, -0.25) is 9.59 Å². The van der Waals surface area contributed by atoms with Crippen LogP contribution in [0.3, 0.4) is 0 Å². The van der Waals surface area contributed by atoms with Gasteiger partial charge in [0, 0.05) is 13.5 Å². The number of aromatic nitrogens is 3. The third kappa shape index (κ3) is 4.42. The molecule has 2 aromatic rings. The Morgan fingerprint density at radius 2 is 2.04 bits per heavy atom. The fourth-order valence-electron chi connectivity index (χ4n) is 2.60. The van der Waals surface area contributed by atoms with Gasteiger partial charge in [-0.1, -0.05) is 5.21 Å². The van der Waals surface area contributed by atoms with Crippen LogP contribution in [-0.2, 0) is 15.7 Å². The van der Waals surface area contributed by atoms with E-state index in [0.717, 1.165) is 24.6 Å². The quantitative estimate of drug-likeness (QED) is 0.845. The minimum absolute atomic E-state index is 0.0393. The highest BCUT2D eigenvalue weighted by Crippen LogP contribution is 2.34. The summed E-state index contributed by atoms with van der Waals surface area (Å²) >= 11 is 0. The molecule has 0 spiro atoms. The summed E-state index contributed by atoms with van der Waals surface area (Å²) in [6.07, 6.45) is -2.47.